The highest BCUT2D eigenvalue weighted by Crippen LogP contribution is 2.06. The SMILES string of the molecule is CCCCC(=O)NCNCCCCCCCCCO. The van der Waals surface area contributed by atoms with E-state index in [9.17, 15) is 4.79 Å². The Balaban J connectivity index is 3.04. The van der Waals surface area contributed by atoms with Gasteiger partial charge >= 0.3 is 0 Å². The van der Waals surface area contributed by atoms with E-state index in [2.05, 4.69) is 17.6 Å². The predicted octanol–water partition coefficient (Wildman–Crippen LogP) is 2.56. The van der Waals surface area contributed by atoms with E-state index in [0.29, 0.717) is 19.7 Å². The van der Waals surface area contributed by atoms with Crippen LogP contribution in [0.2, 0.25) is 0 Å². The van der Waals surface area contributed by atoms with Crippen molar-refractivity contribution in [3.8, 4) is 0 Å². The van der Waals surface area contributed by atoms with Crippen molar-refractivity contribution >= 4 is 5.91 Å². The summed E-state index contributed by atoms with van der Waals surface area (Å²) >= 11 is 0. The summed E-state index contributed by atoms with van der Waals surface area (Å²) in [6.45, 7) is 3.99. The van der Waals surface area contributed by atoms with Gasteiger partial charge in [-0.1, -0.05) is 45.4 Å². The fourth-order valence-corrected chi connectivity index (χ4v) is 1.92. The van der Waals surface area contributed by atoms with Gasteiger partial charge in [-0.25, -0.2) is 0 Å². The smallest absolute Gasteiger partial charge is 0.220 e. The van der Waals surface area contributed by atoms with E-state index >= 15 is 0 Å². The van der Waals surface area contributed by atoms with Crippen LogP contribution in [-0.2, 0) is 4.79 Å². The highest BCUT2D eigenvalue weighted by molar-refractivity contribution is 5.75. The van der Waals surface area contributed by atoms with Crippen molar-refractivity contribution in [2.45, 2.75) is 71.1 Å². The van der Waals surface area contributed by atoms with Crippen LogP contribution in [0.3, 0.4) is 0 Å². The quantitative estimate of drug-likeness (QED) is 0.336. The average molecular weight is 272 g/mol. The van der Waals surface area contributed by atoms with E-state index in [1.165, 1.54) is 32.1 Å². The molecule has 4 nitrogen and oxygen atoms in total. The zero-order chi connectivity index (χ0) is 14.2. The second kappa shape index (κ2) is 15.4. The van der Waals surface area contributed by atoms with Crippen LogP contribution in [0.15, 0.2) is 0 Å². The molecule has 0 unspecified atom stereocenters. The molecule has 0 rings (SSSR count). The number of carbonyl (C=O) groups excluding carboxylic acids is 1. The van der Waals surface area contributed by atoms with Crippen molar-refractivity contribution < 1.29 is 9.90 Å². The lowest BCUT2D eigenvalue weighted by Crippen LogP contribution is -2.34. The van der Waals surface area contributed by atoms with Gasteiger partial charge < -0.3 is 10.4 Å². The largest absolute Gasteiger partial charge is 0.396 e. The molecule has 0 saturated heterocycles. The fourth-order valence-electron chi connectivity index (χ4n) is 1.92. The zero-order valence-electron chi connectivity index (χ0n) is 12.5. The van der Waals surface area contributed by atoms with Gasteiger partial charge in [0.2, 0.25) is 5.91 Å². The van der Waals surface area contributed by atoms with Gasteiger partial charge in [0.1, 0.15) is 0 Å². The maximum atomic E-state index is 11.3. The maximum absolute atomic E-state index is 11.3. The summed E-state index contributed by atoms with van der Waals surface area (Å²) in [6.07, 6.45) is 11.0. The summed E-state index contributed by atoms with van der Waals surface area (Å²) < 4.78 is 0. The monoisotopic (exact) mass is 272 g/mol. The zero-order valence-corrected chi connectivity index (χ0v) is 12.5. The summed E-state index contributed by atoms with van der Waals surface area (Å²) in [5, 5.41) is 14.7. The van der Waals surface area contributed by atoms with Crippen LogP contribution in [0.25, 0.3) is 0 Å². The van der Waals surface area contributed by atoms with Gasteiger partial charge in [0.25, 0.3) is 0 Å². The van der Waals surface area contributed by atoms with Crippen LogP contribution in [0.5, 0.6) is 0 Å². The summed E-state index contributed by atoms with van der Waals surface area (Å²) in [7, 11) is 0. The molecule has 19 heavy (non-hydrogen) atoms. The topological polar surface area (TPSA) is 61.4 Å². The molecule has 0 atom stereocenters. The number of aliphatic hydroxyl groups excluding tert-OH is 1. The van der Waals surface area contributed by atoms with Gasteiger partial charge in [-0.3, -0.25) is 10.1 Å². The normalized spacial score (nSPS) is 10.6. The van der Waals surface area contributed by atoms with Gasteiger partial charge in [-0.15, -0.1) is 0 Å². The third-order valence-electron chi connectivity index (χ3n) is 3.18. The molecule has 3 N–H and O–H groups in total. The van der Waals surface area contributed by atoms with Crippen LogP contribution < -0.4 is 10.6 Å². The highest BCUT2D eigenvalue weighted by Gasteiger charge is 1.98. The van der Waals surface area contributed by atoms with Crippen molar-refractivity contribution in [3.63, 3.8) is 0 Å². The molecule has 0 aliphatic carbocycles. The Morgan fingerprint density at radius 2 is 1.58 bits per heavy atom. The summed E-state index contributed by atoms with van der Waals surface area (Å²) in [6, 6.07) is 0. The number of carbonyl (C=O) groups is 1. The number of unbranched alkanes of at least 4 members (excludes halogenated alkanes) is 7. The lowest BCUT2D eigenvalue weighted by molar-refractivity contribution is -0.121. The molecule has 4 heteroatoms. The molecule has 0 aromatic carbocycles. The average Bonchev–Trinajstić information content (AvgIpc) is 2.42. The predicted molar refractivity (Wildman–Crippen MR) is 79.9 cm³/mol. The fraction of sp³-hybridized carbons (Fsp3) is 0.933. The van der Waals surface area contributed by atoms with Crippen molar-refractivity contribution in [3.05, 3.63) is 0 Å². The first-order valence-corrected chi connectivity index (χ1v) is 7.89. The Hall–Kier alpha value is -0.610. The maximum Gasteiger partial charge on any atom is 0.220 e. The summed E-state index contributed by atoms with van der Waals surface area (Å²) in [5.41, 5.74) is 0. The van der Waals surface area contributed by atoms with Gasteiger partial charge in [0.05, 0.1) is 6.67 Å². The second-order valence-electron chi connectivity index (χ2n) is 5.08. The lowest BCUT2D eigenvalue weighted by atomic mass is 10.1. The Morgan fingerprint density at radius 3 is 2.21 bits per heavy atom. The number of amides is 1. The minimum atomic E-state index is 0.151. The molecule has 0 fully saturated rings. The van der Waals surface area contributed by atoms with E-state index < -0.39 is 0 Å². The Bertz CT molecular complexity index is 199. The van der Waals surface area contributed by atoms with Gasteiger partial charge in [-0.05, 0) is 25.8 Å². The molecule has 0 radical (unpaired) electrons. The van der Waals surface area contributed by atoms with Gasteiger partial charge in [0.15, 0.2) is 0 Å². The molecule has 0 aromatic rings. The third kappa shape index (κ3) is 15.3. The summed E-state index contributed by atoms with van der Waals surface area (Å²) in [4.78, 5) is 11.3. The molecule has 1 amide bonds. The number of hydrogen-bond donors (Lipinski definition) is 3. The molecule has 0 aliphatic heterocycles. The van der Waals surface area contributed by atoms with E-state index in [-0.39, 0.29) is 5.91 Å². The van der Waals surface area contributed by atoms with Crippen LogP contribution in [0, 0.1) is 0 Å². The minimum Gasteiger partial charge on any atom is -0.396 e. The minimum absolute atomic E-state index is 0.151. The van der Waals surface area contributed by atoms with Crippen molar-refractivity contribution in [1.82, 2.24) is 10.6 Å². The molecular weight excluding hydrogens is 240 g/mol. The molecule has 0 heterocycles. The van der Waals surface area contributed by atoms with Crippen LogP contribution in [-0.4, -0.2) is 30.8 Å². The van der Waals surface area contributed by atoms with Crippen molar-refractivity contribution in [2.24, 2.45) is 0 Å². The molecule has 0 bridgehead atoms. The number of rotatable bonds is 14. The highest BCUT2D eigenvalue weighted by atomic mass is 16.2. The first-order valence-electron chi connectivity index (χ1n) is 7.89. The first-order chi connectivity index (χ1) is 9.31. The van der Waals surface area contributed by atoms with Crippen LogP contribution >= 0.6 is 0 Å². The molecule has 114 valence electrons. The standard InChI is InChI=1S/C15H32N2O2/c1-2-3-11-15(19)17-14-16-12-9-7-5-4-6-8-10-13-18/h16,18H,2-14H2,1H3,(H,17,19). The Kier molecular flexibility index (Phi) is 15.0. The van der Waals surface area contributed by atoms with E-state index in [1.807, 2.05) is 0 Å². The van der Waals surface area contributed by atoms with E-state index in [0.717, 1.165) is 32.2 Å². The number of aliphatic hydroxyl groups is 1. The molecule has 0 spiro atoms. The van der Waals surface area contributed by atoms with Gasteiger partial charge in [-0.2, -0.15) is 0 Å². The molecule has 0 aromatic heterocycles. The molecular formula is C15H32N2O2. The van der Waals surface area contributed by atoms with Crippen LogP contribution in [0.1, 0.15) is 71.1 Å². The lowest BCUT2D eigenvalue weighted by Gasteiger charge is -2.07. The third-order valence-corrected chi connectivity index (χ3v) is 3.18. The van der Waals surface area contributed by atoms with E-state index in [4.69, 9.17) is 5.11 Å². The van der Waals surface area contributed by atoms with Crippen molar-refractivity contribution in [1.29, 1.82) is 0 Å². The van der Waals surface area contributed by atoms with Crippen molar-refractivity contribution in [2.75, 3.05) is 19.8 Å². The van der Waals surface area contributed by atoms with Gasteiger partial charge in [0, 0.05) is 13.0 Å². The molecule has 0 saturated carbocycles. The van der Waals surface area contributed by atoms with Crippen LogP contribution in [0.4, 0.5) is 0 Å². The number of nitrogens with one attached hydrogen (secondary N) is 2. The van der Waals surface area contributed by atoms with E-state index in [1.54, 1.807) is 0 Å². The molecule has 0 aliphatic rings. The number of hydrogen-bond acceptors (Lipinski definition) is 3. The Morgan fingerprint density at radius 1 is 0.947 bits per heavy atom. The first kappa shape index (κ1) is 18.4. The summed E-state index contributed by atoms with van der Waals surface area (Å²) in [5.74, 6) is 0.151. The Labute approximate surface area is 118 Å². The second-order valence-corrected chi connectivity index (χ2v) is 5.08.